The average Bonchev–Trinajstić information content (AvgIpc) is 3.36. The van der Waals surface area contributed by atoms with Crippen LogP contribution in [-0.2, 0) is 16.1 Å². The fraction of sp³-hybridized carbons (Fsp3) is 0.174. The zero-order valence-corrected chi connectivity index (χ0v) is 17.6. The first-order valence-electron chi connectivity index (χ1n) is 9.47. The minimum atomic E-state index is -0.910. The van der Waals surface area contributed by atoms with Crippen molar-refractivity contribution in [1.29, 1.82) is 0 Å². The highest BCUT2D eigenvalue weighted by Gasteiger charge is 2.47. The van der Waals surface area contributed by atoms with E-state index in [-0.39, 0.29) is 34.2 Å². The summed E-state index contributed by atoms with van der Waals surface area (Å²) in [6, 6.07) is 9.24. The molecule has 0 aliphatic carbocycles. The number of hydrogen-bond acceptors (Lipinski definition) is 6. The number of likely N-dealkylation sites (tertiary alicyclic amines) is 1. The predicted octanol–water partition coefficient (Wildman–Crippen LogP) is 4.27. The fourth-order valence-corrected chi connectivity index (χ4v) is 4.08. The van der Waals surface area contributed by atoms with Gasteiger partial charge in [0.1, 0.15) is 23.3 Å². The fourth-order valence-electron chi connectivity index (χ4n) is 3.73. The van der Waals surface area contributed by atoms with Crippen molar-refractivity contribution in [2.24, 2.45) is 0 Å². The number of aryl methyl sites for hydroxylation is 1. The number of ketones is 1. The molecule has 3 aromatic rings. The Morgan fingerprint density at radius 1 is 1.26 bits per heavy atom. The van der Waals surface area contributed by atoms with Crippen LogP contribution in [0.5, 0.6) is 5.75 Å². The number of ether oxygens (including phenoxy) is 1. The van der Waals surface area contributed by atoms with Crippen molar-refractivity contribution in [1.82, 2.24) is 9.88 Å². The highest BCUT2D eigenvalue weighted by Crippen LogP contribution is 2.43. The number of aliphatic hydroxyl groups is 1. The van der Waals surface area contributed by atoms with Crippen LogP contribution < -0.4 is 4.74 Å². The van der Waals surface area contributed by atoms with E-state index in [2.05, 4.69) is 4.98 Å². The van der Waals surface area contributed by atoms with Gasteiger partial charge in [-0.2, -0.15) is 0 Å². The zero-order chi connectivity index (χ0) is 22.1. The van der Waals surface area contributed by atoms with Crippen LogP contribution in [0.25, 0.3) is 5.76 Å². The molecule has 1 aromatic carbocycles. The summed E-state index contributed by atoms with van der Waals surface area (Å²) in [6.07, 6.45) is 4.66. The van der Waals surface area contributed by atoms with Gasteiger partial charge in [-0.25, -0.2) is 0 Å². The SMILES string of the molecule is COc1c(Cl)cc(C)cc1/C(O)=C1/C(=O)C(=O)N(Cc2ccncc2)C1c1ccco1. The lowest BCUT2D eigenvalue weighted by molar-refractivity contribution is -0.140. The Bertz CT molecular complexity index is 1170. The van der Waals surface area contributed by atoms with E-state index in [1.807, 2.05) is 0 Å². The van der Waals surface area contributed by atoms with Gasteiger partial charge in [-0.05, 0) is 54.4 Å². The highest BCUT2D eigenvalue weighted by atomic mass is 35.5. The first kappa shape index (κ1) is 20.7. The third-order valence-corrected chi connectivity index (χ3v) is 5.38. The lowest BCUT2D eigenvalue weighted by Gasteiger charge is -2.23. The third-order valence-electron chi connectivity index (χ3n) is 5.10. The Balaban J connectivity index is 1.90. The monoisotopic (exact) mass is 438 g/mol. The molecule has 8 heteroatoms. The number of aliphatic hydroxyl groups excluding tert-OH is 1. The standard InChI is InChI=1S/C23H19ClN2O5/c1-13-10-15(22(30-2)16(24)11-13)20(27)18-19(17-4-3-9-31-17)26(23(29)21(18)28)12-14-5-7-25-8-6-14/h3-11,19,27H,12H2,1-2H3/b20-18-. The van der Waals surface area contributed by atoms with Crippen molar-refractivity contribution in [3.05, 3.63) is 88.1 Å². The second kappa shape index (κ2) is 8.28. The van der Waals surface area contributed by atoms with E-state index in [1.54, 1.807) is 55.7 Å². The van der Waals surface area contributed by atoms with Gasteiger partial charge >= 0.3 is 0 Å². The molecule has 31 heavy (non-hydrogen) atoms. The largest absolute Gasteiger partial charge is 0.507 e. The maximum absolute atomic E-state index is 13.1. The average molecular weight is 439 g/mol. The number of carbonyl (C=O) groups is 2. The Morgan fingerprint density at radius 3 is 2.65 bits per heavy atom. The van der Waals surface area contributed by atoms with E-state index < -0.39 is 17.7 Å². The van der Waals surface area contributed by atoms with Crippen LogP contribution in [0.4, 0.5) is 0 Å². The van der Waals surface area contributed by atoms with E-state index in [0.29, 0.717) is 5.76 Å². The zero-order valence-electron chi connectivity index (χ0n) is 16.8. The van der Waals surface area contributed by atoms with Gasteiger partial charge in [0.25, 0.3) is 11.7 Å². The molecule has 1 saturated heterocycles. The highest BCUT2D eigenvalue weighted by molar-refractivity contribution is 6.46. The van der Waals surface area contributed by atoms with Crippen LogP contribution in [0.15, 0.2) is 65.0 Å². The Labute approximate surface area is 183 Å². The van der Waals surface area contributed by atoms with Crippen molar-refractivity contribution in [3.63, 3.8) is 0 Å². The third kappa shape index (κ3) is 3.68. The molecule has 0 spiro atoms. The molecule has 1 aliphatic rings. The Hall–Kier alpha value is -3.58. The summed E-state index contributed by atoms with van der Waals surface area (Å²) in [7, 11) is 1.42. The first-order valence-corrected chi connectivity index (χ1v) is 9.85. The smallest absolute Gasteiger partial charge is 0.296 e. The lowest BCUT2D eigenvalue weighted by Crippen LogP contribution is -2.29. The van der Waals surface area contributed by atoms with E-state index in [9.17, 15) is 14.7 Å². The van der Waals surface area contributed by atoms with Crippen molar-refractivity contribution in [2.75, 3.05) is 7.11 Å². The summed E-state index contributed by atoms with van der Waals surface area (Å²) < 4.78 is 10.9. The van der Waals surface area contributed by atoms with Crippen molar-refractivity contribution < 1.29 is 23.8 Å². The number of nitrogens with zero attached hydrogens (tertiary/aromatic N) is 2. The van der Waals surface area contributed by atoms with Gasteiger partial charge in [0.15, 0.2) is 0 Å². The molecule has 3 heterocycles. The number of furan rings is 1. The number of pyridine rings is 1. The number of amides is 1. The predicted molar refractivity (Wildman–Crippen MR) is 114 cm³/mol. The molecule has 0 radical (unpaired) electrons. The van der Waals surface area contributed by atoms with Gasteiger partial charge < -0.3 is 19.2 Å². The summed E-state index contributed by atoms with van der Waals surface area (Å²) in [6.45, 7) is 1.94. The van der Waals surface area contributed by atoms with Gasteiger partial charge in [0, 0.05) is 18.9 Å². The number of benzene rings is 1. The van der Waals surface area contributed by atoms with E-state index >= 15 is 0 Å². The first-order chi connectivity index (χ1) is 14.9. The summed E-state index contributed by atoms with van der Waals surface area (Å²) in [5, 5.41) is 11.5. The molecule has 1 amide bonds. The normalized spacial score (nSPS) is 17.9. The summed E-state index contributed by atoms with van der Waals surface area (Å²) >= 11 is 6.28. The van der Waals surface area contributed by atoms with Crippen molar-refractivity contribution in [3.8, 4) is 5.75 Å². The molecular weight excluding hydrogens is 420 g/mol. The molecule has 1 N–H and O–H groups in total. The number of rotatable bonds is 5. The summed E-state index contributed by atoms with van der Waals surface area (Å²) in [5.41, 5.74) is 1.68. The van der Waals surface area contributed by atoms with Crippen molar-refractivity contribution in [2.45, 2.75) is 19.5 Å². The topological polar surface area (TPSA) is 92.9 Å². The van der Waals surface area contributed by atoms with E-state index in [0.717, 1.165) is 11.1 Å². The van der Waals surface area contributed by atoms with Crippen LogP contribution in [0.3, 0.4) is 0 Å². The molecule has 0 saturated carbocycles. The van der Waals surface area contributed by atoms with Gasteiger partial charge in [-0.1, -0.05) is 11.6 Å². The minimum absolute atomic E-state index is 0.0889. The lowest BCUT2D eigenvalue weighted by atomic mass is 9.97. The molecular formula is C23H19ClN2O5. The number of carbonyl (C=O) groups excluding carboxylic acids is 2. The second-order valence-corrected chi connectivity index (χ2v) is 7.53. The van der Waals surface area contributed by atoms with Crippen LogP contribution >= 0.6 is 11.6 Å². The number of hydrogen-bond donors (Lipinski definition) is 1. The molecule has 1 unspecified atom stereocenters. The maximum atomic E-state index is 13.1. The van der Waals surface area contributed by atoms with Crippen LogP contribution in [0, 0.1) is 6.92 Å². The van der Waals surface area contributed by atoms with Crippen LogP contribution in [0.2, 0.25) is 5.02 Å². The van der Waals surface area contributed by atoms with E-state index in [4.69, 9.17) is 20.8 Å². The Morgan fingerprint density at radius 2 is 2.00 bits per heavy atom. The quantitative estimate of drug-likeness (QED) is 0.363. The Kier molecular flexibility index (Phi) is 5.52. The molecule has 1 fully saturated rings. The molecule has 158 valence electrons. The van der Waals surface area contributed by atoms with Crippen LogP contribution in [0.1, 0.15) is 28.5 Å². The maximum Gasteiger partial charge on any atom is 0.296 e. The summed E-state index contributed by atoms with van der Waals surface area (Å²) in [4.78, 5) is 31.4. The molecule has 1 atom stereocenters. The molecule has 1 aliphatic heterocycles. The number of Topliss-reactive ketones (excluding diaryl/α,β-unsaturated/α-hetero) is 1. The van der Waals surface area contributed by atoms with E-state index in [1.165, 1.54) is 18.3 Å². The summed E-state index contributed by atoms with van der Waals surface area (Å²) in [5.74, 6) is -1.36. The molecule has 0 bridgehead atoms. The van der Waals surface area contributed by atoms with Gasteiger partial charge in [-0.3, -0.25) is 14.6 Å². The molecule has 7 nitrogen and oxygen atoms in total. The number of halogens is 1. The molecule has 2 aromatic heterocycles. The second-order valence-electron chi connectivity index (χ2n) is 7.13. The number of aromatic nitrogens is 1. The number of methoxy groups -OCH3 is 1. The van der Waals surface area contributed by atoms with Gasteiger partial charge in [0.05, 0.1) is 29.5 Å². The van der Waals surface area contributed by atoms with Gasteiger partial charge in [-0.15, -0.1) is 0 Å². The van der Waals surface area contributed by atoms with Crippen LogP contribution in [-0.4, -0.2) is 33.8 Å². The minimum Gasteiger partial charge on any atom is -0.507 e. The molecule has 4 rings (SSSR count). The van der Waals surface area contributed by atoms with Crippen molar-refractivity contribution >= 4 is 29.1 Å². The van der Waals surface area contributed by atoms with Gasteiger partial charge in [0.2, 0.25) is 0 Å².